The molecule has 6 nitrogen and oxygen atoms in total. The molecule has 2 heterocycles. The normalized spacial score (nSPS) is 17.3. The van der Waals surface area contributed by atoms with E-state index in [4.69, 9.17) is 9.78 Å². The molecule has 0 unspecified atom stereocenters. The van der Waals surface area contributed by atoms with Crippen LogP contribution in [-0.2, 0) is 6.42 Å². The number of nitriles is 1. The van der Waals surface area contributed by atoms with E-state index in [0.717, 1.165) is 37.9 Å². The molecule has 2 aromatic rings. The van der Waals surface area contributed by atoms with E-state index >= 15 is 0 Å². The molecule has 1 fully saturated rings. The highest BCUT2D eigenvalue weighted by Gasteiger charge is 2.29. The fourth-order valence-electron chi connectivity index (χ4n) is 3.14. The lowest BCUT2D eigenvalue weighted by Gasteiger charge is -2.31. The Morgan fingerprint density at radius 1 is 1.48 bits per heavy atom. The highest BCUT2D eigenvalue weighted by Crippen LogP contribution is 2.27. The molecule has 0 aliphatic carbocycles. The van der Waals surface area contributed by atoms with E-state index in [9.17, 15) is 4.79 Å². The lowest BCUT2D eigenvalue weighted by Crippen LogP contribution is -2.39. The maximum Gasteiger partial charge on any atom is 0.253 e. The molecule has 1 atom stereocenters. The molecule has 1 amide bonds. The summed E-state index contributed by atoms with van der Waals surface area (Å²) < 4.78 is 5.43. The first-order valence-electron chi connectivity index (χ1n) is 8.83. The number of likely N-dealkylation sites (tertiary alicyclic amines) is 1. The summed E-state index contributed by atoms with van der Waals surface area (Å²) in [6.45, 7) is 3.42. The Balaban J connectivity index is 1.69. The summed E-state index contributed by atoms with van der Waals surface area (Å²) in [5.41, 5.74) is 1.05. The quantitative estimate of drug-likeness (QED) is 0.835. The number of benzene rings is 1. The van der Waals surface area contributed by atoms with E-state index in [0.29, 0.717) is 30.1 Å². The molecular formula is C19H22N4O2. The van der Waals surface area contributed by atoms with Crippen molar-refractivity contribution in [2.75, 3.05) is 13.1 Å². The van der Waals surface area contributed by atoms with E-state index in [-0.39, 0.29) is 11.8 Å². The van der Waals surface area contributed by atoms with E-state index < -0.39 is 0 Å². The van der Waals surface area contributed by atoms with Gasteiger partial charge < -0.3 is 9.42 Å². The van der Waals surface area contributed by atoms with Crippen LogP contribution >= 0.6 is 0 Å². The van der Waals surface area contributed by atoms with Crippen LogP contribution in [0.4, 0.5) is 0 Å². The number of nitrogens with zero attached hydrogens (tertiary/aromatic N) is 4. The number of unbranched alkanes of at least 4 members (excludes halogenated alkanes) is 1. The summed E-state index contributed by atoms with van der Waals surface area (Å²) >= 11 is 0. The minimum absolute atomic E-state index is 0.0486. The van der Waals surface area contributed by atoms with Crippen molar-refractivity contribution >= 4 is 5.91 Å². The number of amides is 1. The van der Waals surface area contributed by atoms with Gasteiger partial charge in [0.1, 0.15) is 0 Å². The lowest BCUT2D eigenvalue weighted by atomic mass is 9.97. The largest absolute Gasteiger partial charge is 0.339 e. The summed E-state index contributed by atoms with van der Waals surface area (Å²) in [6.07, 6.45) is 4.82. The van der Waals surface area contributed by atoms with Gasteiger partial charge in [0.15, 0.2) is 5.82 Å². The Morgan fingerprint density at radius 3 is 3.16 bits per heavy atom. The molecule has 1 saturated heterocycles. The van der Waals surface area contributed by atoms with Gasteiger partial charge in [-0.2, -0.15) is 10.2 Å². The van der Waals surface area contributed by atoms with Gasteiger partial charge in [0.05, 0.1) is 17.6 Å². The maximum atomic E-state index is 12.7. The predicted molar refractivity (Wildman–Crippen MR) is 91.9 cm³/mol. The van der Waals surface area contributed by atoms with E-state index in [2.05, 4.69) is 23.1 Å². The zero-order valence-electron chi connectivity index (χ0n) is 14.4. The molecule has 1 aromatic heterocycles. The van der Waals surface area contributed by atoms with Crippen molar-refractivity contribution in [1.29, 1.82) is 5.26 Å². The second kappa shape index (κ2) is 7.93. The van der Waals surface area contributed by atoms with Crippen LogP contribution in [0.25, 0.3) is 0 Å². The smallest absolute Gasteiger partial charge is 0.253 e. The molecular weight excluding hydrogens is 316 g/mol. The summed E-state index contributed by atoms with van der Waals surface area (Å²) in [7, 11) is 0. The fourth-order valence-corrected chi connectivity index (χ4v) is 3.14. The van der Waals surface area contributed by atoms with Crippen LogP contribution in [0.2, 0.25) is 0 Å². The molecule has 0 N–H and O–H groups in total. The standard InChI is InChI=1S/C19H22N4O2/c1-2-3-9-17-21-18(25-22-17)16-8-5-10-23(13-16)19(24)15-7-4-6-14(11-15)12-20/h4,6-7,11,16H,2-3,5,8-10,13H2,1H3/t16-/m0/s1. The van der Waals surface area contributed by atoms with Crippen LogP contribution in [0.1, 0.15) is 66.2 Å². The molecule has 0 radical (unpaired) electrons. The van der Waals surface area contributed by atoms with Gasteiger partial charge in [-0.25, -0.2) is 0 Å². The Bertz CT molecular complexity index is 778. The Kier molecular flexibility index (Phi) is 5.44. The first-order valence-corrected chi connectivity index (χ1v) is 8.83. The third kappa shape index (κ3) is 4.05. The summed E-state index contributed by atoms with van der Waals surface area (Å²) in [5, 5.41) is 13.1. The van der Waals surface area contributed by atoms with Gasteiger partial charge in [-0.05, 0) is 37.5 Å². The Morgan fingerprint density at radius 2 is 2.36 bits per heavy atom. The van der Waals surface area contributed by atoms with Crippen LogP contribution in [0.15, 0.2) is 28.8 Å². The first kappa shape index (κ1) is 17.2. The van der Waals surface area contributed by atoms with Crippen LogP contribution < -0.4 is 0 Å². The number of hydrogen-bond acceptors (Lipinski definition) is 5. The number of carbonyl (C=O) groups is 1. The topological polar surface area (TPSA) is 83.0 Å². The van der Waals surface area contributed by atoms with Crippen LogP contribution in [-0.4, -0.2) is 34.0 Å². The van der Waals surface area contributed by atoms with Crippen molar-refractivity contribution in [3.63, 3.8) is 0 Å². The van der Waals surface area contributed by atoms with Gasteiger partial charge in [0.25, 0.3) is 5.91 Å². The summed E-state index contributed by atoms with van der Waals surface area (Å²) in [4.78, 5) is 19.1. The SMILES string of the molecule is CCCCc1noc([C@H]2CCCN(C(=O)c3cccc(C#N)c3)C2)n1. The van der Waals surface area contributed by atoms with Crippen LogP contribution in [0.5, 0.6) is 0 Å². The van der Waals surface area contributed by atoms with E-state index in [1.165, 1.54) is 0 Å². The van der Waals surface area contributed by atoms with Gasteiger partial charge in [-0.3, -0.25) is 4.79 Å². The number of aromatic nitrogens is 2. The monoisotopic (exact) mass is 338 g/mol. The van der Waals surface area contributed by atoms with Crippen molar-refractivity contribution in [1.82, 2.24) is 15.0 Å². The van der Waals surface area contributed by atoms with Gasteiger partial charge >= 0.3 is 0 Å². The molecule has 6 heteroatoms. The van der Waals surface area contributed by atoms with Gasteiger partial charge in [0, 0.05) is 25.1 Å². The minimum atomic E-state index is -0.0486. The molecule has 0 saturated carbocycles. The average molecular weight is 338 g/mol. The lowest BCUT2D eigenvalue weighted by molar-refractivity contribution is 0.0695. The highest BCUT2D eigenvalue weighted by molar-refractivity contribution is 5.94. The third-order valence-electron chi connectivity index (χ3n) is 4.53. The molecule has 0 bridgehead atoms. The Hall–Kier alpha value is -2.68. The summed E-state index contributed by atoms with van der Waals surface area (Å²) in [6, 6.07) is 8.91. The zero-order valence-corrected chi connectivity index (χ0v) is 14.4. The number of hydrogen-bond donors (Lipinski definition) is 0. The van der Waals surface area contributed by atoms with Gasteiger partial charge in [0.2, 0.25) is 5.89 Å². The maximum absolute atomic E-state index is 12.7. The average Bonchev–Trinajstić information content (AvgIpc) is 3.15. The molecule has 0 spiro atoms. The zero-order chi connectivity index (χ0) is 17.6. The van der Waals surface area contributed by atoms with Crippen LogP contribution in [0.3, 0.4) is 0 Å². The number of rotatable bonds is 5. The van der Waals surface area contributed by atoms with Gasteiger partial charge in [-0.1, -0.05) is 24.6 Å². The third-order valence-corrected chi connectivity index (χ3v) is 4.53. The number of carbonyl (C=O) groups excluding carboxylic acids is 1. The van der Waals surface area contributed by atoms with E-state index in [1.54, 1.807) is 24.3 Å². The van der Waals surface area contributed by atoms with Crippen molar-refractivity contribution in [3.05, 3.63) is 47.1 Å². The number of piperidine rings is 1. The van der Waals surface area contributed by atoms with Crippen molar-refractivity contribution in [2.45, 2.75) is 44.9 Å². The molecule has 1 aliphatic heterocycles. The second-order valence-electron chi connectivity index (χ2n) is 6.44. The fraction of sp³-hybridized carbons (Fsp3) is 0.474. The van der Waals surface area contributed by atoms with Crippen molar-refractivity contribution < 1.29 is 9.32 Å². The van der Waals surface area contributed by atoms with Crippen LogP contribution in [0, 0.1) is 11.3 Å². The first-order chi connectivity index (χ1) is 12.2. The highest BCUT2D eigenvalue weighted by atomic mass is 16.5. The second-order valence-corrected chi connectivity index (χ2v) is 6.44. The predicted octanol–water partition coefficient (Wildman–Crippen LogP) is 3.30. The molecule has 130 valence electrons. The summed E-state index contributed by atoms with van der Waals surface area (Å²) in [5.74, 6) is 1.42. The van der Waals surface area contributed by atoms with Crippen molar-refractivity contribution in [3.8, 4) is 6.07 Å². The molecule has 25 heavy (non-hydrogen) atoms. The Labute approximate surface area is 147 Å². The molecule has 3 rings (SSSR count). The molecule has 1 aromatic carbocycles. The van der Waals surface area contributed by atoms with E-state index in [1.807, 2.05) is 4.90 Å². The van der Waals surface area contributed by atoms with Gasteiger partial charge in [-0.15, -0.1) is 0 Å². The molecule has 1 aliphatic rings. The minimum Gasteiger partial charge on any atom is -0.339 e. The number of aryl methyl sites for hydroxylation is 1. The van der Waals surface area contributed by atoms with Crippen molar-refractivity contribution in [2.24, 2.45) is 0 Å².